The zero-order valence-electron chi connectivity index (χ0n) is 14.1. The summed E-state index contributed by atoms with van der Waals surface area (Å²) in [7, 11) is 1.43. The first kappa shape index (κ1) is 20.6. The molecule has 26 heavy (non-hydrogen) atoms. The summed E-state index contributed by atoms with van der Waals surface area (Å²) in [6.07, 6.45) is 0.672. The minimum absolute atomic E-state index is 0.0726. The Balaban J connectivity index is 0.000000758. The van der Waals surface area contributed by atoms with Gasteiger partial charge in [-0.2, -0.15) is 0 Å². The molecule has 2 unspecified atom stereocenters. The largest absolute Gasteiger partial charge is 0.325 e. The Kier molecular flexibility index (Phi) is 7.81. The fourth-order valence-electron chi connectivity index (χ4n) is 2.91. The summed E-state index contributed by atoms with van der Waals surface area (Å²) in [6.45, 7) is 0.643. The number of carbonyl (C=O) groups is 1. The number of nitrogens with one attached hydrogen (secondary N) is 3. The highest BCUT2D eigenvalue weighted by molar-refractivity contribution is 6.31. The van der Waals surface area contributed by atoms with E-state index in [1.807, 2.05) is 0 Å². The third kappa shape index (κ3) is 5.16. The molecule has 1 aliphatic rings. The predicted molar refractivity (Wildman–Crippen MR) is 101 cm³/mol. The zero-order valence-corrected chi connectivity index (χ0v) is 15.6. The minimum Gasteiger partial charge on any atom is -0.325 e. The lowest BCUT2D eigenvalue weighted by atomic mass is 9.91. The van der Waals surface area contributed by atoms with E-state index in [1.54, 1.807) is 41.9 Å². The van der Waals surface area contributed by atoms with Crippen LogP contribution in [0.5, 0.6) is 0 Å². The Morgan fingerprint density at radius 3 is 2.65 bits per heavy atom. The summed E-state index contributed by atoms with van der Waals surface area (Å²) in [5, 5.41) is 13.9. The number of anilines is 1. The first-order valence-electron chi connectivity index (χ1n) is 8.02. The third-order valence-electron chi connectivity index (χ3n) is 3.98. The van der Waals surface area contributed by atoms with Gasteiger partial charge in [-0.15, -0.1) is 0 Å². The predicted octanol–water partition coefficient (Wildman–Crippen LogP) is 3.81. The van der Waals surface area contributed by atoms with Gasteiger partial charge in [-0.3, -0.25) is 4.79 Å². The van der Waals surface area contributed by atoms with Crippen molar-refractivity contribution in [3.63, 3.8) is 0 Å². The molecule has 0 aliphatic carbocycles. The molecule has 1 amide bonds. The van der Waals surface area contributed by atoms with Crippen LogP contribution in [0.1, 0.15) is 17.9 Å². The fraction of sp³-hybridized carbons (Fsp3) is 0.278. The van der Waals surface area contributed by atoms with Crippen LogP contribution in [-0.2, 0) is 4.79 Å². The summed E-state index contributed by atoms with van der Waals surface area (Å²) < 4.78 is 14.3. The van der Waals surface area contributed by atoms with Crippen LogP contribution >= 0.6 is 23.2 Å². The average molecular weight is 400 g/mol. The molecule has 2 aromatic rings. The molecular formula is C18H20Cl2FN3O2. The van der Waals surface area contributed by atoms with Gasteiger partial charge >= 0.3 is 0 Å². The van der Waals surface area contributed by atoms with Gasteiger partial charge in [0.15, 0.2) is 0 Å². The van der Waals surface area contributed by atoms with E-state index in [-0.39, 0.29) is 16.8 Å². The van der Waals surface area contributed by atoms with E-state index in [0.29, 0.717) is 29.2 Å². The number of hydrogen-bond acceptors (Lipinski definition) is 4. The molecule has 0 radical (unpaired) electrons. The highest BCUT2D eigenvalue weighted by atomic mass is 35.5. The number of amides is 1. The van der Waals surface area contributed by atoms with Gasteiger partial charge in [-0.05, 0) is 42.8 Å². The van der Waals surface area contributed by atoms with Gasteiger partial charge in [-0.1, -0.05) is 41.4 Å². The second-order valence-electron chi connectivity index (χ2n) is 5.69. The van der Waals surface area contributed by atoms with Gasteiger partial charge in [0.25, 0.3) is 0 Å². The van der Waals surface area contributed by atoms with Crippen LogP contribution in [-0.4, -0.2) is 30.7 Å². The van der Waals surface area contributed by atoms with E-state index in [1.165, 1.54) is 13.1 Å². The van der Waals surface area contributed by atoms with Gasteiger partial charge in [-0.25, -0.2) is 9.87 Å². The fourth-order valence-corrected chi connectivity index (χ4v) is 3.28. The van der Waals surface area contributed by atoms with Gasteiger partial charge in [0.1, 0.15) is 5.82 Å². The van der Waals surface area contributed by atoms with Crippen LogP contribution in [0.4, 0.5) is 10.1 Å². The molecule has 5 nitrogen and oxygen atoms in total. The molecule has 0 bridgehead atoms. The first-order valence-corrected chi connectivity index (χ1v) is 8.78. The summed E-state index contributed by atoms with van der Waals surface area (Å²) >= 11 is 11.8. The smallest absolute Gasteiger partial charge is 0.242 e. The van der Waals surface area contributed by atoms with Crippen LogP contribution < -0.4 is 16.1 Å². The maximum Gasteiger partial charge on any atom is 0.242 e. The number of halogens is 3. The molecule has 140 valence electrons. The van der Waals surface area contributed by atoms with Crippen LogP contribution in [0.2, 0.25) is 10.0 Å². The topological polar surface area (TPSA) is 73.4 Å². The molecule has 0 aromatic heterocycles. The number of rotatable bonds is 3. The van der Waals surface area contributed by atoms with E-state index in [0.717, 1.165) is 0 Å². The molecule has 4 N–H and O–H groups in total. The Labute approximate surface area is 161 Å². The third-order valence-corrected chi connectivity index (χ3v) is 4.50. The molecule has 2 atom stereocenters. The van der Waals surface area contributed by atoms with Crippen molar-refractivity contribution in [2.24, 2.45) is 0 Å². The Hall–Kier alpha value is -1.70. The highest BCUT2D eigenvalue weighted by Gasteiger charge is 2.35. The highest BCUT2D eigenvalue weighted by Crippen LogP contribution is 2.33. The van der Waals surface area contributed by atoms with Crippen molar-refractivity contribution in [2.75, 3.05) is 18.9 Å². The lowest BCUT2D eigenvalue weighted by molar-refractivity contribution is -0.118. The lowest BCUT2D eigenvalue weighted by Gasteiger charge is -2.20. The molecule has 0 spiro atoms. The number of benzene rings is 2. The molecular weight excluding hydrogens is 380 g/mol. The molecule has 1 heterocycles. The summed E-state index contributed by atoms with van der Waals surface area (Å²) in [5.41, 5.74) is 2.83. The standard InChI is InChI=1S/C17H15Cl2FN2O.CH5NO/c18-10-3-1-4-11(9-10)22-17(23)16-13(7-8-21-16)12-5-2-6-14(19)15(12)20;1-2-3/h1-6,9,13,16,21H,7-8H2,(H,22,23);2-3H,1H3. The SMILES string of the molecule is CNO.O=C(Nc1cccc(Cl)c1)C1NCCC1c1cccc(Cl)c1F. The van der Waals surface area contributed by atoms with Gasteiger partial charge < -0.3 is 15.8 Å². The van der Waals surface area contributed by atoms with E-state index >= 15 is 0 Å². The summed E-state index contributed by atoms with van der Waals surface area (Å²) in [4.78, 5) is 12.5. The van der Waals surface area contributed by atoms with Gasteiger partial charge in [0.2, 0.25) is 5.91 Å². The van der Waals surface area contributed by atoms with Crippen molar-refractivity contribution in [3.05, 3.63) is 63.9 Å². The van der Waals surface area contributed by atoms with Gasteiger partial charge in [0.05, 0.1) is 11.1 Å². The van der Waals surface area contributed by atoms with Crippen molar-refractivity contribution >= 4 is 34.8 Å². The van der Waals surface area contributed by atoms with E-state index in [9.17, 15) is 9.18 Å². The van der Waals surface area contributed by atoms with Crippen molar-refractivity contribution in [1.82, 2.24) is 10.8 Å². The summed E-state index contributed by atoms with van der Waals surface area (Å²) in [6, 6.07) is 11.3. The number of hydroxylamine groups is 1. The van der Waals surface area contributed by atoms with Crippen LogP contribution in [0.25, 0.3) is 0 Å². The van der Waals surface area contributed by atoms with E-state index in [4.69, 9.17) is 28.4 Å². The quantitative estimate of drug-likeness (QED) is 0.592. The van der Waals surface area contributed by atoms with Crippen molar-refractivity contribution in [2.45, 2.75) is 18.4 Å². The Morgan fingerprint density at radius 2 is 1.96 bits per heavy atom. The van der Waals surface area contributed by atoms with Crippen LogP contribution in [0.15, 0.2) is 42.5 Å². The maximum atomic E-state index is 14.3. The van der Waals surface area contributed by atoms with Crippen molar-refractivity contribution < 1.29 is 14.4 Å². The molecule has 1 fully saturated rings. The average Bonchev–Trinajstić information content (AvgIpc) is 3.08. The Morgan fingerprint density at radius 1 is 1.27 bits per heavy atom. The normalized spacial score (nSPS) is 18.8. The number of hydrogen-bond donors (Lipinski definition) is 4. The second-order valence-corrected chi connectivity index (χ2v) is 6.54. The number of carbonyl (C=O) groups excluding carboxylic acids is 1. The van der Waals surface area contributed by atoms with Crippen molar-refractivity contribution in [3.8, 4) is 0 Å². The first-order chi connectivity index (χ1) is 12.5. The lowest BCUT2D eigenvalue weighted by Crippen LogP contribution is -2.39. The van der Waals surface area contributed by atoms with Crippen molar-refractivity contribution in [1.29, 1.82) is 0 Å². The van der Waals surface area contributed by atoms with Crippen LogP contribution in [0.3, 0.4) is 0 Å². The summed E-state index contributed by atoms with van der Waals surface area (Å²) in [5.74, 6) is -0.926. The minimum atomic E-state index is -0.512. The molecule has 3 rings (SSSR count). The van der Waals surface area contributed by atoms with E-state index < -0.39 is 11.9 Å². The van der Waals surface area contributed by atoms with E-state index in [2.05, 4.69) is 10.6 Å². The monoisotopic (exact) mass is 399 g/mol. The second kappa shape index (κ2) is 9.85. The molecule has 2 aromatic carbocycles. The van der Waals surface area contributed by atoms with Gasteiger partial charge in [0, 0.05) is 23.7 Å². The molecule has 1 aliphatic heterocycles. The molecule has 1 saturated heterocycles. The maximum absolute atomic E-state index is 14.3. The van der Waals surface area contributed by atoms with Crippen LogP contribution in [0, 0.1) is 5.82 Å². The molecule has 0 saturated carbocycles. The molecule has 8 heteroatoms. The Bertz CT molecular complexity index is 761. The zero-order chi connectivity index (χ0) is 19.1.